The number of ether oxygens (including phenoxy) is 1. The highest BCUT2D eigenvalue weighted by Crippen LogP contribution is 2.62. The number of amides is 2. The number of anilines is 1. The van der Waals surface area contributed by atoms with Crippen LogP contribution in [0.2, 0.25) is 0 Å². The number of urea groups is 1. The van der Waals surface area contributed by atoms with Gasteiger partial charge in [0.05, 0.1) is 31.6 Å². The average Bonchev–Trinajstić information content (AvgIpc) is 3.77. The number of benzene rings is 2. The van der Waals surface area contributed by atoms with Gasteiger partial charge in [0, 0.05) is 23.2 Å². The van der Waals surface area contributed by atoms with Gasteiger partial charge in [-0.1, -0.05) is 44.6 Å². The van der Waals surface area contributed by atoms with Crippen LogP contribution in [0.4, 0.5) is 10.5 Å². The maximum Gasteiger partial charge on any atom is 0.321 e. The second-order valence-electron chi connectivity index (χ2n) is 17.5. The molecule has 0 unspecified atom stereocenters. The van der Waals surface area contributed by atoms with Crippen LogP contribution in [0.25, 0.3) is 0 Å². The second-order valence-corrected chi connectivity index (χ2v) is 17.5. The van der Waals surface area contributed by atoms with E-state index in [1.807, 2.05) is 47.4 Å². The quantitative estimate of drug-likeness (QED) is 0.158. The SMILES string of the molecule is COc1ccc(NC(=O)N(C[C@@H]2CC[C@H]3C[C@@H]2C3(C)C)C[C@]2(O)CC[C@H]3c4ccc(cc4C(=O)c4ccco4)C[C@@H](O)CCC(C)=CCC[C@@]32C)cc1. The Hall–Kier alpha value is -3.88. The third kappa shape index (κ3) is 7.21. The van der Waals surface area contributed by atoms with Crippen LogP contribution in [-0.2, 0) is 6.42 Å². The molecule has 0 aliphatic heterocycles. The minimum atomic E-state index is -1.22. The first-order valence-electron chi connectivity index (χ1n) is 19.8. The van der Waals surface area contributed by atoms with Crippen molar-refractivity contribution >= 4 is 17.5 Å². The number of aliphatic hydroxyl groups is 2. The van der Waals surface area contributed by atoms with Crippen molar-refractivity contribution in [3.63, 3.8) is 0 Å². The lowest BCUT2D eigenvalue weighted by Crippen LogP contribution is -2.58. The topological polar surface area (TPSA) is 112 Å². The van der Waals surface area contributed by atoms with Gasteiger partial charge in [-0.05, 0) is 154 Å². The van der Waals surface area contributed by atoms with Crippen molar-refractivity contribution in [2.45, 2.75) is 110 Å². The van der Waals surface area contributed by atoms with Crippen LogP contribution in [0, 0.1) is 28.6 Å². The van der Waals surface area contributed by atoms with E-state index in [1.165, 1.54) is 24.7 Å². The molecule has 8 nitrogen and oxygen atoms in total. The van der Waals surface area contributed by atoms with Gasteiger partial charge in [-0.25, -0.2) is 4.79 Å². The minimum Gasteiger partial charge on any atom is -0.497 e. The predicted octanol–water partition coefficient (Wildman–Crippen LogP) is 9.16. The summed E-state index contributed by atoms with van der Waals surface area (Å²) in [6, 6.07) is 16.6. The average molecular weight is 723 g/mol. The highest BCUT2D eigenvalue weighted by molar-refractivity contribution is 6.08. The van der Waals surface area contributed by atoms with Crippen LogP contribution in [0.3, 0.4) is 0 Å². The van der Waals surface area contributed by atoms with Gasteiger partial charge in [-0.15, -0.1) is 0 Å². The molecule has 0 spiro atoms. The number of carbonyl (C=O) groups excluding carboxylic acids is 2. The zero-order chi connectivity index (χ0) is 37.5. The van der Waals surface area contributed by atoms with Gasteiger partial charge in [-0.3, -0.25) is 4.79 Å². The number of fused-ring (bicyclic) bond motifs is 10. The molecule has 1 aromatic heterocycles. The standard InChI is InChI=1S/C45H58N2O6/c1-29-8-6-21-44(4)38(36-19-11-30(24-34(48)16-10-29)25-37(36)41(49)40-9-7-23-53-40)20-22-45(44,51)28-47(27-31-12-13-32-26-39(31)43(32,2)3)42(50)46-33-14-17-35(52-5)18-15-33/h7-9,11,14-15,17-19,23,25,31-32,34,38-39,48,51H,6,10,12-13,16,20-22,24,26-28H2,1-5H3,(H,46,50)/t31-,32-,34-,38-,39-,44-,45+/m0/s1. The Labute approximate surface area is 315 Å². The van der Waals surface area contributed by atoms with Gasteiger partial charge in [0.15, 0.2) is 5.76 Å². The number of ketones is 1. The van der Waals surface area contributed by atoms with Crippen molar-refractivity contribution < 1.29 is 29.0 Å². The number of allylic oxidation sites excluding steroid dienone is 2. The normalized spacial score (nSPS) is 30.7. The third-order valence-electron chi connectivity index (χ3n) is 14.2. The Bertz CT molecular complexity index is 1810. The molecule has 3 N–H and O–H groups in total. The fraction of sp³-hybridized carbons (Fsp3) is 0.556. The molecule has 2 aromatic carbocycles. The van der Waals surface area contributed by atoms with Crippen LogP contribution >= 0.6 is 0 Å². The summed E-state index contributed by atoms with van der Waals surface area (Å²) in [4.78, 5) is 30.5. The molecule has 6 aliphatic carbocycles. The molecule has 1 heterocycles. The number of furan rings is 1. The van der Waals surface area contributed by atoms with Crippen molar-refractivity contribution in [3.8, 4) is 5.75 Å². The molecule has 7 atom stereocenters. The lowest BCUT2D eigenvalue weighted by molar-refractivity contribution is -0.117. The van der Waals surface area contributed by atoms with E-state index in [9.17, 15) is 19.8 Å². The molecule has 9 rings (SSSR count). The molecule has 4 saturated carbocycles. The summed E-state index contributed by atoms with van der Waals surface area (Å²) in [5.74, 6) is 2.31. The van der Waals surface area contributed by atoms with Crippen molar-refractivity contribution in [1.82, 2.24) is 4.90 Å². The third-order valence-corrected chi connectivity index (χ3v) is 14.2. The zero-order valence-electron chi connectivity index (χ0n) is 32.2. The minimum absolute atomic E-state index is 0.149. The smallest absolute Gasteiger partial charge is 0.321 e. The lowest BCUT2D eigenvalue weighted by Gasteiger charge is -2.60. The fourth-order valence-electron chi connectivity index (χ4n) is 10.6. The van der Waals surface area contributed by atoms with E-state index in [1.54, 1.807) is 19.2 Å². The maximum atomic E-state index is 14.4. The summed E-state index contributed by atoms with van der Waals surface area (Å²) in [6.07, 6.45) is 11.2. The molecule has 4 fully saturated rings. The van der Waals surface area contributed by atoms with E-state index in [0.717, 1.165) is 42.1 Å². The second kappa shape index (κ2) is 14.7. The van der Waals surface area contributed by atoms with E-state index < -0.39 is 17.1 Å². The molecule has 8 heteroatoms. The fourth-order valence-corrected chi connectivity index (χ4v) is 10.6. The number of hydrogen-bond acceptors (Lipinski definition) is 6. The van der Waals surface area contributed by atoms with Crippen LogP contribution in [0.15, 0.2) is 76.9 Å². The van der Waals surface area contributed by atoms with Gasteiger partial charge in [0.2, 0.25) is 5.78 Å². The summed E-state index contributed by atoms with van der Waals surface area (Å²) >= 11 is 0. The van der Waals surface area contributed by atoms with E-state index in [-0.39, 0.29) is 35.5 Å². The summed E-state index contributed by atoms with van der Waals surface area (Å²) in [6.45, 7) is 9.85. The van der Waals surface area contributed by atoms with Crippen molar-refractivity contribution in [2.24, 2.45) is 28.6 Å². The van der Waals surface area contributed by atoms with E-state index in [0.29, 0.717) is 61.7 Å². The highest BCUT2D eigenvalue weighted by atomic mass is 16.5. The summed E-state index contributed by atoms with van der Waals surface area (Å²) in [5, 5.41) is 27.3. The van der Waals surface area contributed by atoms with E-state index in [2.05, 4.69) is 39.1 Å². The summed E-state index contributed by atoms with van der Waals surface area (Å²) in [5.41, 5.74) is 2.64. The predicted molar refractivity (Wildman–Crippen MR) is 207 cm³/mol. The number of nitrogens with zero attached hydrogens (tertiary/aromatic N) is 1. The first kappa shape index (κ1) is 37.4. The Morgan fingerprint density at radius 2 is 1.81 bits per heavy atom. The van der Waals surface area contributed by atoms with Crippen LogP contribution < -0.4 is 10.1 Å². The van der Waals surface area contributed by atoms with Crippen molar-refractivity contribution in [3.05, 3.63) is 95.0 Å². The zero-order valence-corrected chi connectivity index (χ0v) is 32.2. The monoisotopic (exact) mass is 722 g/mol. The Kier molecular flexibility index (Phi) is 10.4. The molecule has 3 aromatic rings. The molecular weight excluding hydrogens is 665 g/mol. The highest BCUT2D eigenvalue weighted by Gasteiger charge is 2.59. The number of aliphatic hydroxyl groups excluding tert-OH is 1. The molecule has 284 valence electrons. The molecule has 0 radical (unpaired) electrons. The Morgan fingerprint density at radius 1 is 1.02 bits per heavy atom. The van der Waals surface area contributed by atoms with Gasteiger partial charge >= 0.3 is 6.03 Å². The van der Waals surface area contributed by atoms with Gasteiger partial charge in [0.1, 0.15) is 5.75 Å². The van der Waals surface area contributed by atoms with E-state index in [4.69, 9.17) is 9.15 Å². The number of hydrogen-bond donors (Lipinski definition) is 3. The van der Waals surface area contributed by atoms with Gasteiger partial charge in [0.25, 0.3) is 0 Å². The molecular formula is C45H58N2O6. The Balaban J connectivity index is 1.26. The van der Waals surface area contributed by atoms with Gasteiger partial charge in [-0.2, -0.15) is 0 Å². The molecule has 6 aliphatic rings. The molecule has 0 saturated heterocycles. The largest absolute Gasteiger partial charge is 0.497 e. The summed E-state index contributed by atoms with van der Waals surface area (Å²) in [7, 11) is 1.62. The van der Waals surface area contributed by atoms with E-state index >= 15 is 0 Å². The van der Waals surface area contributed by atoms with Crippen LogP contribution in [0.5, 0.6) is 5.75 Å². The van der Waals surface area contributed by atoms with Gasteiger partial charge < -0.3 is 29.6 Å². The summed E-state index contributed by atoms with van der Waals surface area (Å²) < 4.78 is 11.0. The number of rotatable bonds is 8. The number of methoxy groups -OCH3 is 1. The molecule has 53 heavy (non-hydrogen) atoms. The first-order valence-corrected chi connectivity index (χ1v) is 19.8. The Morgan fingerprint density at radius 3 is 2.51 bits per heavy atom. The number of nitrogens with one attached hydrogen (secondary N) is 1. The maximum absolute atomic E-state index is 14.4. The van der Waals surface area contributed by atoms with Crippen molar-refractivity contribution in [1.29, 1.82) is 0 Å². The van der Waals surface area contributed by atoms with Crippen molar-refractivity contribution in [2.75, 3.05) is 25.5 Å². The van der Waals surface area contributed by atoms with Crippen LogP contribution in [0.1, 0.15) is 119 Å². The lowest BCUT2D eigenvalue weighted by atomic mass is 9.45. The molecule has 2 amide bonds. The first-order chi connectivity index (χ1) is 25.3. The van der Waals surface area contributed by atoms with Crippen LogP contribution in [-0.4, -0.2) is 58.8 Å². The number of carbonyl (C=O) groups is 2. The molecule has 4 bridgehead atoms.